The maximum atomic E-state index is 12.5. The summed E-state index contributed by atoms with van der Waals surface area (Å²) < 4.78 is 5.57. The molecule has 2 bridgehead atoms. The standard InChI is InChI=1S/C21H37NO3/c1-5-6-7-8-9-10-11-14-21(24)15-17-12-13-18(16-21)22(17)19(23)25-20(2,3)4/h5,17-18,24H,1,6-16H2,2-4H3. The van der Waals surface area contributed by atoms with E-state index in [1.165, 1.54) is 25.7 Å². The molecule has 0 aromatic carbocycles. The topological polar surface area (TPSA) is 49.8 Å². The van der Waals surface area contributed by atoms with Crippen molar-refractivity contribution in [2.75, 3.05) is 0 Å². The lowest BCUT2D eigenvalue weighted by Gasteiger charge is -2.44. The zero-order valence-electron chi connectivity index (χ0n) is 16.4. The summed E-state index contributed by atoms with van der Waals surface area (Å²) in [5.41, 5.74) is -1.05. The van der Waals surface area contributed by atoms with Crippen molar-refractivity contribution in [2.45, 2.75) is 115 Å². The van der Waals surface area contributed by atoms with E-state index >= 15 is 0 Å². The van der Waals surface area contributed by atoms with E-state index in [2.05, 4.69) is 6.58 Å². The molecule has 2 unspecified atom stereocenters. The molecule has 0 aliphatic carbocycles. The number of rotatable bonds is 8. The Bertz CT molecular complexity index is 441. The molecule has 144 valence electrons. The Morgan fingerprint density at radius 3 is 2.28 bits per heavy atom. The third-order valence-corrected chi connectivity index (χ3v) is 5.51. The zero-order chi connectivity index (χ0) is 18.5. The number of piperidine rings is 1. The van der Waals surface area contributed by atoms with Gasteiger partial charge < -0.3 is 14.7 Å². The molecule has 2 heterocycles. The van der Waals surface area contributed by atoms with Crippen molar-refractivity contribution in [1.29, 1.82) is 0 Å². The summed E-state index contributed by atoms with van der Waals surface area (Å²) in [6.07, 6.45) is 13.1. The highest BCUT2D eigenvalue weighted by Gasteiger charge is 2.49. The van der Waals surface area contributed by atoms with Gasteiger partial charge in [0, 0.05) is 12.1 Å². The molecule has 0 aromatic rings. The number of aliphatic hydroxyl groups is 1. The lowest BCUT2D eigenvalue weighted by Crippen LogP contribution is -2.54. The Morgan fingerprint density at radius 1 is 1.16 bits per heavy atom. The molecule has 4 heteroatoms. The van der Waals surface area contributed by atoms with Crippen LogP contribution in [0, 0.1) is 0 Å². The highest BCUT2D eigenvalue weighted by Crippen LogP contribution is 2.43. The van der Waals surface area contributed by atoms with Crippen molar-refractivity contribution in [3.05, 3.63) is 12.7 Å². The molecule has 2 rings (SSSR count). The fourth-order valence-electron chi connectivity index (χ4n) is 4.41. The van der Waals surface area contributed by atoms with Gasteiger partial charge in [0.2, 0.25) is 0 Å². The molecule has 0 saturated carbocycles. The highest BCUT2D eigenvalue weighted by atomic mass is 16.6. The van der Waals surface area contributed by atoms with Gasteiger partial charge in [0.1, 0.15) is 5.60 Å². The van der Waals surface area contributed by atoms with Gasteiger partial charge in [-0.2, -0.15) is 0 Å². The second kappa shape index (κ2) is 8.57. The number of hydrogen-bond donors (Lipinski definition) is 1. The van der Waals surface area contributed by atoms with Crippen LogP contribution in [-0.2, 0) is 4.74 Å². The predicted octanol–water partition coefficient (Wildman–Crippen LogP) is 5.20. The van der Waals surface area contributed by atoms with Crippen molar-refractivity contribution in [1.82, 2.24) is 4.90 Å². The largest absolute Gasteiger partial charge is 0.444 e. The molecular formula is C21H37NO3. The van der Waals surface area contributed by atoms with Crippen molar-refractivity contribution in [3.8, 4) is 0 Å². The quantitative estimate of drug-likeness (QED) is 0.483. The van der Waals surface area contributed by atoms with E-state index in [9.17, 15) is 9.90 Å². The Kier molecular flexibility index (Phi) is 6.95. The van der Waals surface area contributed by atoms with Crippen LogP contribution in [0.2, 0.25) is 0 Å². The molecule has 0 aromatic heterocycles. The summed E-state index contributed by atoms with van der Waals surface area (Å²) >= 11 is 0. The fraction of sp³-hybridized carbons (Fsp3) is 0.857. The van der Waals surface area contributed by atoms with E-state index in [4.69, 9.17) is 4.74 Å². The van der Waals surface area contributed by atoms with Gasteiger partial charge in [-0.1, -0.05) is 31.8 Å². The summed E-state index contributed by atoms with van der Waals surface area (Å²) in [4.78, 5) is 14.4. The molecule has 25 heavy (non-hydrogen) atoms. The average molecular weight is 352 g/mol. The average Bonchev–Trinajstić information content (AvgIpc) is 2.78. The first-order chi connectivity index (χ1) is 11.7. The number of unbranched alkanes of at least 4 members (excludes halogenated alkanes) is 5. The maximum absolute atomic E-state index is 12.5. The summed E-state index contributed by atoms with van der Waals surface area (Å²) in [7, 11) is 0. The van der Waals surface area contributed by atoms with Gasteiger partial charge in [-0.3, -0.25) is 0 Å². The molecule has 4 nitrogen and oxygen atoms in total. The van der Waals surface area contributed by atoms with Crippen LogP contribution in [0.1, 0.15) is 91.4 Å². The number of hydrogen-bond acceptors (Lipinski definition) is 3. The van der Waals surface area contributed by atoms with Crippen molar-refractivity contribution in [3.63, 3.8) is 0 Å². The number of allylic oxidation sites excluding steroid dienone is 1. The summed E-state index contributed by atoms with van der Waals surface area (Å²) in [6.45, 7) is 9.47. The Balaban J connectivity index is 1.77. The van der Waals surface area contributed by atoms with Gasteiger partial charge in [-0.05, 0) is 65.7 Å². The van der Waals surface area contributed by atoms with Gasteiger partial charge in [0.15, 0.2) is 0 Å². The normalized spacial score (nSPS) is 28.9. The van der Waals surface area contributed by atoms with Gasteiger partial charge >= 0.3 is 6.09 Å². The van der Waals surface area contributed by atoms with Gasteiger partial charge in [-0.25, -0.2) is 4.79 Å². The molecule has 1 N–H and O–H groups in total. The predicted molar refractivity (Wildman–Crippen MR) is 102 cm³/mol. The summed E-state index contributed by atoms with van der Waals surface area (Å²) in [5.74, 6) is 0. The maximum Gasteiger partial charge on any atom is 0.410 e. The lowest BCUT2D eigenvalue weighted by molar-refractivity contribution is -0.0635. The molecule has 2 atom stereocenters. The van der Waals surface area contributed by atoms with Crippen molar-refractivity contribution < 1.29 is 14.6 Å². The van der Waals surface area contributed by atoms with E-state index in [0.717, 1.165) is 32.1 Å². The summed E-state index contributed by atoms with van der Waals surface area (Å²) in [6, 6.07) is 0.289. The molecule has 2 saturated heterocycles. The van der Waals surface area contributed by atoms with Crippen LogP contribution < -0.4 is 0 Å². The monoisotopic (exact) mass is 351 g/mol. The van der Waals surface area contributed by atoms with Crippen LogP contribution >= 0.6 is 0 Å². The lowest BCUT2D eigenvalue weighted by atomic mass is 9.82. The van der Waals surface area contributed by atoms with E-state index in [0.29, 0.717) is 12.8 Å². The minimum absolute atomic E-state index is 0.145. The minimum Gasteiger partial charge on any atom is -0.444 e. The van der Waals surface area contributed by atoms with E-state index in [-0.39, 0.29) is 18.2 Å². The Labute approximate surface area is 153 Å². The van der Waals surface area contributed by atoms with Crippen molar-refractivity contribution in [2.24, 2.45) is 0 Å². The molecular weight excluding hydrogens is 314 g/mol. The first kappa shape index (κ1) is 20.3. The number of carbonyl (C=O) groups excluding carboxylic acids is 1. The Morgan fingerprint density at radius 2 is 1.72 bits per heavy atom. The first-order valence-electron chi connectivity index (χ1n) is 10.1. The molecule has 0 spiro atoms. The highest BCUT2D eigenvalue weighted by molar-refractivity contribution is 5.69. The van der Waals surface area contributed by atoms with Crippen LogP contribution in [0.3, 0.4) is 0 Å². The number of ether oxygens (including phenoxy) is 1. The molecule has 2 aliphatic rings. The van der Waals surface area contributed by atoms with Crippen LogP contribution in [0.5, 0.6) is 0 Å². The van der Waals surface area contributed by atoms with Gasteiger partial charge in [0.25, 0.3) is 0 Å². The fourth-order valence-corrected chi connectivity index (χ4v) is 4.41. The smallest absolute Gasteiger partial charge is 0.410 e. The molecule has 2 aliphatic heterocycles. The zero-order valence-corrected chi connectivity index (χ0v) is 16.4. The van der Waals surface area contributed by atoms with Crippen LogP contribution in [-0.4, -0.2) is 39.4 Å². The van der Waals surface area contributed by atoms with Crippen LogP contribution in [0.25, 0.3) is 0 Å². The van der Waals surface area contributed by atoms with Crippen molar-refractivity contribution >= 4 is 6.09 Å². The minimum atomic E-state index is -0.592. The second-order valence-corrected chi connectivity index (χ2v) is 9.00. The van der Waals surface area contributed by atoms with E-state index in [1.807, 2.05) is 31.7 Å². The van der Waals surface area contributed by atoms with E-state index in [1.54, 1.807) is 0 Å². The molecule has 1 amide bonds. The number of amides is 1. The van der Waals surface area contributed by atoms with Gasteiger partial charge in [0.05, 0.1) is 5.60 Å². The van der Waals surface area contributed by atoms with Gasteiger partial charge in [-0.15, -0.1) is 6.58 Å². The number of carbonyl (C=O) groups is 1. The second-order valence-electron chi connectivity index (χ2n) is 9.00. The first-order valence-corrected chi connectivity index (χ1v) is 10.1. The third-order valence-electron chi connectivity index (χ3n) is 5.51. The third kappa shape index (κ3) is 6.02. The van der Waals surface area contributed by atoms with Crippen LogP contribution in [0.15, 0.2) is 12.7 Å². The SMILES string of the molecule is C=CCCCCCCCC1(O)CC2CCC(C1)N2C(=O)OC(C)(C)C. The Hall–Kier alpha value is -1.03. The number of nitrogens with zero attached hydrogens (tertiary/aromatic N) is 1. The molecule has 2 fully saturated rings. The molecule has 0 radical (unpaired) electrons. The van der Waals surface area contributed by atoms with E-state index < -0.39 is 11.2 Å². The summed E-state index contributed by atoms with van der Waals surface area (Å²) in [5, 5.41) is 11.0. The number of fused-ring (bicyclic) bond motifs is 2. The van der Waals surface area contributed by atoms with Crippen LogP contribution in [0.4, 0.5) is 4.79 Å².